The summed E-state index contributed by atoms with van der Waals surface area (Å²) in [6.07, 6.45) is 0. The summed E-state index contributed by atoms with van der Waals surface area (Å²) >= 11 is 16.0. The van der Waals surface area contributed by atoms with Gasteiger partial charge in [-0.05, 0) is 70.2 Å². The molecule has 0 aliphatic heterocycles. The summed E-state index contributed by atoms with van der Waals surface area (Å²) in [7, 11) is -1.51. The standard InChI is InChI=1S/C41H43Cl2N13O6S4/c1-7-55(8-2)29-18-25(27(20-31(29)61-5)51-53-40-46-24-12-11-22(42)15-33(24)64-40)44-37-48-38(50-39(49-37)63-14-13-57)45-26-19-30(56(9-3)10-4)32(62-6)21-28(26)52-54-41-47-36-34(65-41)16-23(43)17-35(36)66(58,59)60/h11-12,15-21,57H,7-10,13-14H2,1-6H3,(H,58,59,60)(H2,44,45,48,49,50). The van der Waals surface area contributed by atoms with Crippen LogP contribution in [0.3, 0.4) is 0 Å². The molecule has 4 aromatic carbocycles. The number of ether oxygens (including phenoxy) is 2. The second kappa shape index (κ2) is 21.4. The third-order valence-corrected chi connectivity index (χ3v) is 13.7. The van der Waals surface area contributed by atoms with E-state index in [4.69, 9.17) is 47.6 Å². The maximum absolute atomic E-state index is 12.2. The molecule has 0 unspecified atom stereocenters. The molecule has 0 bridgehead atoms. The van der Waals surface area contributed by atoms with Crippen LogP contribution in [0.4, 0.5) is 56.3 Å². The highest BCUT2D eigenvalue weighted by Crippen LogP contribution is 2.44. The van der Waals surface area contributed by atoms with Crippen molar-refractivity contribution in [2.45, 2.75) is 37.7 Å². The van der Waals surface area contributed by atoms with Gasteiger partial charge in [0.1, 0.15) is 33.3 Å². The Hall–Kier alpha value is -5.53. The van der Waals surface area contributed by atoms with Gasteiger partial charge in [-0.25, -0.2) is 9.97 Å². The molecule has 0 fully saturated rings. The van der Waals surface area contributed by atoms with Gasteiger partial charge in [0.15, 0.2) is 5.16 Å². The molecule has 0 radical (unpaired) electrons. The molecule has 0 aliphatic rings. The summed E-state index contributed by atoms with van der Waals surface area (Å²) in [5, 5.41) is 36.0. The summed E-state index contributed by atoms with van der Waals surface area (Å²) in [6, 6.07) is 15.3. The van der Waals surface area contributed by atoms with Crippen LogP contribution >= 0.6 is 57.6 Å². The van der Waals surface area contributed by atoms with Crippen molar-refractivity contribution in [2.75, 3.05) is 73.2 Å². The SMILES string of the molecule is CCN(CC)c1cc(Nc2nc(Nc3cc(N(CC)CC)c(OC)cc3N=Nc3nc4c(S(=O)(=O)O)cc(Cl)cc4s3)nc(SCCO)n2)c(N=Nc2nc3ccc(Cl)cc3s2)cc1OC. The third kappa shape index (κ3) is 11.2. The van der Waals surface area contributed by atoms with E-state index in [1.54, 1.807) is 32.4 Å². The molecule has 3 aromatic heterocycles. The van der Waals surface area contributed by atoms with Crippen LogP contribution in [-0.2, 0) is 10.1 Å². The summed E-state index contributed by atoms with van der Waals surface area (Å²) in [5.41, 5.74) is 3.88. The van der Waals surface area contributed by atoms with Crippen LogP contribution in [0.25, 0.3) is 20.4 Å². The van der Waals surface area contributed by atoms with E-state index in [0.717, 1.165) is 39.0 Å². The minimum absolute atomic E-state index is 0.000368. The fourth-order valence-corrected chi connectivity index (χ4v) is 10.2. The molecule has 0 spiro atoms. The van der Waals surface area contributed by atoms with Crippen LogP contribution < -0.4 is 29.9 Å². The number of aliphatic hydroxyl groups is 1. The van der Waals surface area contributed by atoms with Crippen molar-refractivity contribution >= 4 is 144 Å². The Balaban J connectivity index is 1.32. The Morgan fingerprint density at radius 1 is 0.697 bits per heavy atom. The fourth-order valence-electron chi connectivity index (χ4n) is 6.66. The van der Waals surface area contributed by atoms with Gasteiger partial charge in [0.25, 0.3) is 10.1 Å². The van der Waals surface area contributed by atoms with Crippen molar-refractivity contribution in [3.63, 3.8) is 0 Å². The number of rotatable bonds is 20. The number of nitrogens with one attached hydrogen (secondary N) is 2. The highest BCUT2D eigenvalue weighted by atomic mass is 35.5. The van der Waals surface area contributed by atoms with Crippen LogP contribution in [0.2, 0.25) is 10.0 Å². The molecule has 66 heavy (non-hydrogen) atoms. The largest absolute Gasteiger partial charge is 0.494 e. The van der Waals surface area contributed by atoms with Crippen LogP contribution in [0.15, 0.2) is 85.1 Å². The number of hydrogen-bond acceptors (Lipinski definition) is 21. The molecular weight excluding hydrogens is 970 g/mol. The lowest BCUT2D eigenvalue weighted by Crippen LogP contribution is -2.22. The van der Waals surface area contributed by atoms with Gasteiger partial charge in [-0.3, -0.25) is 4.55 Å². The molecule has 0 saturated heterocycles. The average molecular weight is 1010 g/mol. The Morgan fingerprint density at radius 2 is 1.23 bits per heavy atom. The number of benzene rings is 4. The number of thioether (sulfide) groups is 1. The van der Waals surface area contributed by atoms with Crippen LogP contribution in [0.5, 0.6) is 11.5 Å². The lowest BCUT2D eigenvalue weighted by atomic mass is 10.2. The van der Waals surface area contributed by atoms with E-state index < -0.39 is 15.0 Å². The number of aromatic nitrogens is 5. The number of hydrogen-bond donors (Lipinski definition) is 4. The normalized spacial score (nSPS) is 11.9. The zero-order valence-electron chi connectivity index (χ0n) is 36.3. The highest BCUT2D eigenvalue weighted by molar-refractivity contribution is 7.99. The Morgan fingerprint density at radius 3 is 1.74 bits per heavy atom. The minimum atomic E-state index is -4.65. The molecule has 346 valence electrons. The molecule has 0 aliphatic carbocycles. The van der Waals surface area contributed by atoms with Gasteiger partial charge in [0.05, 0.1) is 58.5 Å². The van der Waals surface area contributed by atoms with Crippen molar-refractivity contribution in [3.05, 3.63) is 64.6 Å². The van der Waals surface area contributed by atoms with Gasteiger partial charge in [0, 0.05) is 54.1 Å². The number of fused-ring (bicyclic) bond motifs is 2. The molecule has 25 heteroatoms. The first-order valence-electron chi connectivity index (χ1n) is 20.2. The molecule has 0 atom stereocenters. The predicted molar refractivity (Wildman–Crippen MR) is 265 cm³/mol. The zero-order chi connectivity index (χ0) is 47.1. The molecule has 3 heterocycles. The van der Waals surface area contributed by atoms with E-state index in [1.165, 1.54) is 29.2 Å². The number of halogens is 2. The van der Waals surface area contributed by atoms with E-state index in [-0.39, 0.29) is 39.9 Å². The van der Waals surface area contributed by atoms with Crippen LogP contribution in [-0.4, -0.2) is 95.8 Å². The van der Waals surface area contributed by atoms with E-state index >= 15 is 0 Å². The van der Waals surface area contributed by atoms with Gasteiger partial charge < -0.3 is 35.0 Å². The van der Waals surface area contributed by atoms with Crippen molar-refractivity contribution in [3.8, 4) is 11.5 Å². The maximum Gasteiger partial charge on any atom is 0.296 e. The average Bonchev–Trinajstić information content (AvgIpc) is 3.90. The molecule has 19 nitrogen and oxygen atoms in total. The van der Waals surface area contributed by atoms with Gasteiger partial charge in [-0.2, -0.15) is 23.4 Å². The molecule has 4 N–H and O–H groups in total. The van der Waals surface area contributed by atoms with Crippen molar-refractivity contribution in [2.24, 2.45) is 20.5 Å². The smallest absolute Gasteiger partial charge is 0.296 e. The minimum Gasteiger partial charge on any atom is -0.494 e. The third-order valence-electron chi connectivity index (χ3n) is 9.75. The van der Waals surface area contributed by atoms with Gasteiger partial charge in [0.2, 0.25) is 22.2 Å². The Bertz CT molecular complexity index is 3060. The lowest BCUT2D eigenvalue weighted by molar-refractivity contribution is 0.322. The molecular formula is C41H43Cl2N13O6S4. The molecule has 0 saturated carbocycles. The zero-order valence-corrected chi connectivity index (χ0v) is 41.1. The van der Waals surface area contributed by atoms with Crippen LogP contribution in [0, 0.1) is 0 Å². The van der Waals surface area contributed by atoms with Gasteiger partial charge in [-0.15, -0.1) is 20.5 Å². The Kier molecular flexibility index (Phi) is 15.7. The molecule has 7 rings (SSSR count). The first-order valence-corrected chi connectivity index (χ1v) is 25.0. The van der Waals surface area contributed by atoms with Gasteiger partial charge in [-0.1, -0.05) is 57.6 Å². The summed E-state index contributed by atoms with van der Waals surface area (Å²) in [6.45, 7) is 10.7. The highest BCUT2D eigenvalue weighted by Gasteiger charge is 2.22. The number of anilines is 6. The topological polar surface area (TPSA) is 237 Å². The number of thiazole rings is 2. The first kappa shape index (κ1) is 48.4. The summed E-state index contributed by atoms with van der Waals surface area (Å²) < 4.78 is 47.1. The van der Waals surface area contributed by atoms with Crippen molar-refractivity contribution in [1.29, 1.82) is 0 Å². The maximum atomic E-state index is 12.2. The van der Waals surface area contributed by atoms with Crippen LogP contribution in [0.1, 0.15) is 27.7 Å². The quantitative estimate of drug-likeness (QED) is 0.0315. The number of nitrogens with zero attached hydrogens (tertiary/aromatic N) is 11. The predicted octanol–water partition coefficient (Wildman–Crippen LogP) is 11.8. The fraction of sp³-hybridized carbons (Fsp3) is 0.293. The van der Waals surface area contributed by atoms with E-state index in [0.29, 0.717) is 80.5 Å². The lowest BCUT2D eigenvalue weighted by Gasteiger charge is -2.25. The van der Waals surface area contributed by atoms with Crippen molar-refractivity contribution < 1.29 is 27.6 Å². The summed E-state index contributed by atoms with van der Waals surface area (Å²) in [4.78, 5) is 26.9. The Labute approximate surface area is 402 Å². The monoisotopic (exact) mass is 1010 g/mol. The number of aliphatic hydroxyl groups excluding tert-OH is 1. The van der Waals surface area contributed by atoms with E-state index in [1.807, 2.05) is 52.0 Å². The molecule has 7 aromatic rings. The van der Waals surface area contributed by atoms with E-state index in [9.17, 15) is 18.1 Å². The number of azo groups is 2. The van der Waals surface area contributed by atoms with Gasteiger partial charge >= 0.3 is 0 Å². The van der Waals surface area contributed by atoms with E-state index in [2.05, 4.69) is 50.9 Å². The number of methoxy groups -OCH3 is 2. The first-order chi connectivity index (χ1) is 31.8. The summed E-state index contributed by atoms with van der Waals surface area (Å²) in [5.74, 6) is 1.62. The second-order valence-corrected chi connectivity index (χ2v) is 19.1. The second-order valence-electron chi connectivity index (χ2n) is 13.7. The molecule has 0 amide bonds. The van der Waals surface area contributed by atoms with Crippen molar-refractivity contribution in [1.82, 2.24) is 24.9 Å².